The molecular formula is C36H39N3O6. The van der Waals surface area contributed by atoms with E-state index in [0.29, 0.717) is 6.61 Å². The Morgan fingerprint density at radius 1 is 0.578 bits per heavy atom. The predicted molar refractivity (Wildman–Crippen MR) is 170 cm³/mol. The lowest BCUT2D eigenvalue weighted by Gasteiger charge is -2.35. The molecule has 6 atom stereocenters. The van der Waals surface area contributed by atoms with E-state index < -0.39 is 36.6 Å². The van der Waals surface area contributed by atoms with Gasteiger partial charge in [0.1, 0.15) is 30.5 Å². The van der Waals surface area contributed by atoms with Gasteiger partial charge in [-0.25, -0.2) is 0 Å². The van der Waals surface area contributed by atoms with Crippen LogP contribution in [0.5, 0.6) is 0 Å². The highest BCUT2D eigenvalue weighted by Gasteiger charge is 2.48. The molecule has 0 aromatic heterocycles. The highest BCUT2D eigenvalue weighted by Crippen LogP contribution is 2.30. The first kappa shape index (κ1) is 32.3. The average molecular weight is 610 g/mol. The summed E-state index contributed by atoms with van der Waals surface area (Å²) in [5, 5.41) is 15.6. The van der Waals surface area contributed by atoms with E-state index in [2.05, 4.69) is 10.0 Å². The SMILES string of the molecule is [N-]=[N+]=NC[C@@H]1O[C@H](COCc2ccccc2)[C@@H](OCc2ccccc2)[C@H](OCc2ccccc2)[C@@H](OCc2ccccc2)[C@@H]1O. The molecule has 0 amide bonds. The number of azide groups is 1. The topological polar surface area (TPSA) is 115 Å². The Hall–Kier alpha value is -4.05. The van der Waals surface area contributed by atoms with Gasteiger partial charge in [-0.15, -0.1) is 0 Å². The molecule has 9 nitrogen and oxygen atoms in total. The molecule has 0 radical (unpaired) electrons. The summed E-state index contributed by atoms with van der Waals surface area (Å²) in [7, 11) is 0. The quantitative estimate of drug-likeness (QED) is 0.0948. The second-order valence-corrected chi connectivity index (χ2v) is 10.9. The number of aliphatic hydroxyl groups is 1. The monoisotopic (exact) mass is 609 g/mol. The van der Waals surface area contributed by atoms with Crippen molar-refractivity contribution in [3.05, 3.63) is 154 Å². The van der Waals surface area contributed by atoms with Crippen LogP contribution in [0.15, 0.2) is 126 Å². The van der Waals surface area contributed by atoms with E-state index >= 15 is 0 Å². The first-order chi connectivity index (χ1) is 22.2. The van der Waals surface area contributed by atoms with Crippen LogP contribution in [-0.4, -0.2) is 54.9 Å². The van der Waals surface area contributed by atoms with E-state index in [1.54, 1.807) is 0 Å². The Balaban J connectivity index is 1.47. The van der Waals surface area contributed by atoms with E-state index in [1.807, 2.05) is 121 Å². The van der Waals surface area contributed by atoms with Crippen LogP contribution in [0.3, 0.4) is 0 Å². The predicted octanol–water partition coefficient (Wildman–Crippen LogP) is 6.40. The number of nitrogens with zero attached hydrogens (tertiary/aromatic N) is 3. The van der Waals surface area contributed by atoms with Gasteiger partial charge in [0.05, 0.1) is 45.7 Å². The summed E-state index contributed by atoms with van der Waals surface area (Å²) >= 11 is 0. The fraction of sp³-hybridized carbons (Fsp3) is 0.333. The van der Waals surface area contributed by atoms with Gasteiger partial charge in [-0.05, 0) is 27.8 Å². The first-order valence-corrected chi connectivity index (χ1v) is 15.1. The van der Waals surface area contributed by atoms with Crippen molar-refractivity contribution in [2.75, 3.05) is 13.2 Å². The standard InChI is InChI=1S/C36H39N3O6/c37-39-38-21-31-33(40)35(43-24-29-17-9-3-10-18-29)36(44-25-30-19-11-4-12-20-30)34(42-23-28-15-7-2-8-16-28)32(45-31)26-41-22-27-13-5-1-6-14-27/h1-20,31-36,40H,21-26H2/t31-,32+,33+,34+,35-,36-/m0/s1. The molecule has 0 unspecified atom stereocenters. The van der Waals surface area contributed by atoms with Gasteiger partial charge in [-0.3, -0.25) is 0 Å². The fourth-order valence-electron chi connectivity index (χ4n) is 5.34. The highest BCUT2D eigenvalue weighted by molar-refractivity contribution is 5.16. The second kappa shape index (κ2) is 17.4. The van der Waals surface area contributed by atoms with Gasteiger partial charge in [-0.2, -0.15) is 0 Å². The molecule has 9 heteroatoms. The lowest BCUT2D eigenvalue weighted by molar-refractivity contribution is -0.184. The number of ether oxygens (including phenoxy) is 5. The fourth-order valence-corrected chi connectivity index (χ4v) is 5.34. The third-order valence-electron chi connectivity index (χ3n) is 7.66. The molecule has 0 spiro atoms. The summed E-state index contributed by atoms with van der Waals surface area (Å²) in [6.45, 7) is 1.16. The Morgan fingerprint density at radius 2 is 1.00 bits per heavy atom. The normalized spacial score (nSPS) is 23.1. The van der Waals surface area contributed by atoms with Gasteiger partial charge in [-0.1, -0.05) is 126 Å². The molecule has 1 aliphatic heterocycles. The third-order valence-corrected chi connectivity index (χ3v) is 7.66. The molecule has 5 rings (SSSR count). The van der Waals surface area contributed by atoms with E-state index in [1.165, 1.54) is 0 Å². The van der Waals surface area contributed by atoms with Crippen molar-refractivity contribution in [1.82, 2.24) is 0 Å². The summed E-state index contributed by atoms with van der Waals surface area (Å²) < 4.78 is 32.4. The molecule has 1 N–H and O–H groups in total. The third kappa shape index (κ3) is 9.72. The van der Waals surface area contributed by atoms with Crippen LogP contribution in [0.4, 0.5) is 0 Å². The Labute approximate surface area is 263 Å². The molecule has 4 aromatic carbocycles. The highest BCUT2D eigenvalue weighted by atomic mass is 16.6. The number of hydrogen-bond donors (Lipinski definition) is 1. The molecule has 1 fully saturated rings. The van der Waals surface area contributed by atoms with Crippen molar-refractivity contribution in [3.8, 4) is 0 Å². The van der Waals surface area contributed by atoms with Gasteiger partial charge >= 0.3 is 0 Å². The lowest BCUT2D eigenvalue weighted by atomic mass is 9.97. The van der Waals surface area contributed by atoms with Gasteiger partial charge in [0.2, 0.25) is 0 Å². The first-order valence-electron chi connectivity index (χ1n) is 15.1. The van der Waals surface area contributed by atoms with Crippen molar-refractivity contribution in [2.45, 2.75) is 63.1 Å². The zero-order valence-electron chi connectivity index (χ0n) is 25.1. The Kier molecular flexibility index (Phi) is 12.5. The van der Waals surface area contributed by atoms with Crippen molar-refractivity contribution in [3.63, 3.8) is 0 Å². The van der Waals surface area contributed by atoms with Crippen LogP contribution < -0.4 is 0 Å². The summed E-state index contributed by atoms with van der Waals surface area (Å²) in [6, 6.07) is 39.2. The Morgan fingerprint density at radius 3 is 1.47 bits per heavy atom. The van der Waals surface area contributed by atoms with Gasteiger partial charge in [0, 0.05) is 4.91 Å². The zero-order chi connectivity index (χ0) is 31.1. The van der Waals surface area contributed by atoms with Gasteiger partial charge in [0.25, 0.3) is 0 Å². The molecular weight excluding hydrogens is 570 g/mol. The largest absolute Gasteiger partial charge is 0.388 e. The molecule has 4 aromatic rings. The number of hydrogen-bond acceptors (Lipinski definition) is 7. The summed E-state index contributed by atoms with van der Waals surface area (Å²) in [5.41, 5.74) is 13.0. The second-order valence-electron chi connectivity index (χ2n) is 10.9. The smallest absolute Gasteiger partial charge is 0.115 e. The average Bonchev–Trinajstić information content (AvgIpc) is 3.19. The maximum atomic E-state index is 11.8. The van der Waals surface area contributed by atoms with Crippen LogP contribution in [0.2, 0.25) is 0 Å². The molecule has 0 bridgehead atoms. The minimum absolute atomic E-state index is 0.102. The van der Waals surface area contributed by atoms with Crippen molar-refractivity contribution < 1.29 is 28.8 Å². The van der Waals surface area contributed by atoms with Crippen molar-refractivity contribution >= 4 is 0 Å². The molecule has 0 saturated carbocycles. The van der Waals surface area contributed by atoms with E-state index in [0.717, 1.165) is 22.3 Å². The van der Waals surface area contributed by atoms with Crippen LogP contribution in [0, 0.1) is 0 Å². The summed E-state index contributed by atoms with van der Waals surface area (Å²) in [4.78, 5) is 2.93. The number of aliphatic hydroxyl groups excluding tert-OH is 1. The Bertz CT molecular complexity index is 1440. The van der Waals surface area contributed by atoms with Gasteiger partial charge in [0.15, 0.2) is 0 Å². The molecule has 45 heavy (non-hydrogen) atoms. The summed E-state index contributed by atoms with van der Waals surface area (Å²) in [5.74, 6) is 0. The molecule has 1 aliphatic rings. The number of rotatable bonds is 15. The molecule has 0 aliphatic carbocycles. The lowest BCUT2D eigenvalue weighted by Crippen LogP contribution is -2.51. The van der Waals surface area contributed by atoms with Crippen molar-refractivity contribution in [1.29, 1.82) is 0 Å². The maximum Gasteiger partial charge on any atom is 0.115 e. The molecule has 1 saturated heterocycles. The van der Waals surface area contributed by atoms with Crippen molar-refractivity contribution in [2.24, 2.45) is 5.11 Å². The summed E-state index contributed by atoms with van der Waals surface area (Å²) in [6.07, 6.45) is -5.13. The number of benzene rings is 4. The van der Waals surface area contributed by atoms with Crippen LogP contribution in [0.25, 0.3) is 10.4 Å². The van der Waals surface area contributed by atoms with Gasteiger partial charge < -0.3 is 28.8 Å². The maximum absolute atomic E-state index is 11.8. The van der Waals surface area contributed by atoms with Crippen LogP contribution >= 0.6 is 0 Å². The van der Waals surface area contributed by atoms with Crippen LogP contribution in [-0.2, 0) is 50.1 Å². The minimum Gasteiger partial charge on any atom is -0.388 e. The minimum atomic E-state index is -1.19. The molecule has 234 valence electrons. The van der Waals surface area contributed by atoms with E-state index in [4.69, 9.17) is 29.2 Å². The van der Waals surface area contributed by atoms with E-state index in [-0.39, 0.29) is 33.0 Å². The van der Waals surface area contributed by atoms with E-state index in [9.17, 15) is 5.11 Å². The van der Waals surface area contributed by atoms with Crippen LogP contribution in [0.1, 0.15) is 22.3 Å². The zero-order valence-corrected chi connectivity index (χ0v) is 25.1. The molecule has 1 heterocycles.